The zero-order valence-electron chi connectivity index (χ0n) is 28.9. The maximum Gasteiger partial charge on any atom is 0.514 e. The monoisotopic (exact) mass is 744 g/mol. The second kappa shape index (κ2) is 20.0. The first kappa shape index (κ1) is 41.2. The third-order valence-electron chi connectivity index (χ3n) is 6.80. The standard InChI is InChI=1S/C34H36N2O17/c1-6-14-45-15-13-35-32(41)26-16-23(17-47-34(42)51-25-10-8-24(9-11-25)36(43)44)7-12-27(26)52-33-31(50-22(5)40)30(49-21(4)39)29(48-20(3)38)28(53-33)18-46-19(2)37/h1,7-12,16,28-31,33H,13-15,17-18H2,2-5H3,(H,35,41)/t28-,29+,30+,31-,33?/m1/s1. The summed E-state index contributed by atoms with van der Waals surface area (Å²) >= 11 is 0. The fraction of sp³-hybridized carbons (Fsp3) is 0.412. The quantitative estimate of drug-likeness (QED) is 0.0492. The molecule has 1 amide bonds. The molecule has 3 rings (SSSR count). The van der Waals surface area contributed by atoms with E-state index in [0.717, 1.165) is 39.8 Å². The Hall–Kier alpha value is -6.26. The largest absolute Gasteiger partial charge is 0.514 e. The van der Waals surface area contributed by atoms with E-state index in [1.165, 1.54) is 30.3 Å². The van der Waals surface area contributed by atoms with Gasteiger partial charge in [0.25, 0.3) is 11.6 Å². The zero-order valence-corrected chi connectivity index (χ0v) is 28.9. The summed E-state index contributed by atoms with van der Waals surface area (Å²) in [4.78, 5) is 84.2. The highest BCUT2D eigenvalue weighted by molar-refractivity contribution is 5.97. The summed E-state index contributed by atoms with van der Waals surface area (Å²) in [5.41, 5.74) is -0.113. The Morgan fingerprint density at radius 2 is 1.51 bits per heavy atom. The lowest BCUT2D eigenvalue weighted by molar-refractivity contribution is -0.384. The van der Waals surface area contributed by atoms with E-state index in [1.807, 2.05) is 0 Å². The van der Waals surface area contributed by atoms with Gasteiger partial charge in [0.2, 0.25) is 12.4 Å². The Kier molecular flexibility index (Phi) is 15.5. The van der Waals surface area contributed by atoms with E-state index < -0.39 is 84.8 Å². The molecule has 2 aromatic rings. The van der Waals surface area contributed by atoms with Gasteiger partial charge in [0, 0.05) is 46.4 Å². The number of amides is 1. The molecule has 1 heterocycles. The van der Waals surface area contributed by atoms with Crippen LogP contribution in [-0.4, -0.2) is 97.9 Å². The lowest BCUT2D eigenvalue weighted by Gasteiger charge is -2.44. The first-order chi connectivity index (χ1) is 25.2. The summed E-state index contributed by atoms with van der Waals surface area (Å²) in [5, 5.41) is 13.5. The highest BCUT2D eigenvalue weighted by Gasteiger charge is 2.53. The van der Waals surface area contributed by atoms with Crippen molar-refractivity contribution in [2.45, 2.75) is 65.0 Å². The lowest BCUT2D eigenvalue weighted by atomic mass is 9.98. The fourth-order valence-corrected chi connectivity index (χ4v) is 4.72. The Balaban J connectivity index is 1.95. The molecule has 1 unspecified atom stereocenters. The first-order valence-corrected chi connectivity index (χ1v) is 15.7. The predicted octanol–water partition coefficient (Wildman–Crippen LogP) is 2.15. The van der Waals surface area contributed by atoms with Gasteiger partial charge in [-0.25, -0.2) is 4.79 Å². The van der Waals surface area contributed by atoms with Gasteiger partial charge in [-0.3, -0.25) is 34.1 Å². The maximum atomic E-state index is 13.5. The number of ether oxygens (including phenoxy) is 9. The van der Waals surface area contributed by atoms with E-state index in [2.05, 4.69) is 11.2 Å². The average Bonchev–Trinajstić information content (AvgIpc) is 3.09. The van der Waals surface area contributed by atoms with Crippen LogP contribution in [-0.2, 0) is 58.9 Å². The molecule has 5 atom stereocenters. The summed E-state index contributed by atoms with van der Waals surface area (Å²) in [7, 11) is 0. The highest BCUT2D eigenvalue weighted by atomic mass is 16.7. The SMILES string of the molecule is C#CCOCCNC(=O)c1cc(COC(=O)Oc2ccc([N+](=O)[O-])cc2)ccc1OC1O[C@H](COC(C)=O)[C@H](OC(C)=O)[C@H](OC(C)=O)[C@H]1OC(C)=O. The smallest absolute Gasteiger partial charge is 0.463 e. The fourth-order valence-electron chi connectivity index (χ4n) is 4.72. The summed E-state index contributed by atoms with van der Waals surface area (Å²) < 4.78 is 48.8. The van der Waals surface area contributed by atoms with Crippen LogP contribution in [0.15, 0.2) is 42.5 Å². The van der Waals surface area contributed by atoms with Crippen LogP contribution in [0.2, 0.25) is 0 Å². The number of non-ortho nitro benzene ring substituents is 1. The minimum absolute atomic E-state index is 0.00129. The summed E-state index contributed by atoms with van der Waals surface area (Å²) in [5.74, 6) is -1.92. The second-order valence-corrected chi connectivity index (χ2v) is 10.9. The molecule has 0 saturated carbocycles. The number of benzene rings is 2. The van der Waals surface area contributed by atoms with Gasteiger partial charge < -0.3 is 47.9 Å². The third kappa shape index (κ3) is 13.1. The van der Waals surface area contributed by atoms with Crippen LogP contribution in [0.5, 0.6) is 11.5 Å². The van der Waals surface area contributed by atoms with Crippen molar-refractivity contribution in [2.75, 3.05) is 26.4 Å². The molecule has 2 aromatic carbocycles. The van der Waals surface area contributed by atoms with Crippen LogP contribution in [0, 0.1) is 22.5 Å². The molecule has 1 aliphatic rings. The number of rotatable bonds is 16. The van der Waals surface area contributed by atoms with Crippen molar-refractivity contribution in [1.82, 2.24) is 5.32 Å². The molecule has 19 nitrogen and oxygen atoms in total. The number of hydrogen-bond donors (Lipinski definition) is 1. The molecule has 0 bridgehead atoms. The van der Waals surface area contributed by atoms with Gasteiger partial charge >= 0.3 is 30.0 Å². The van der Waals surface area contributed by atoms with Crippen LogP contribution in [0.4, 0.5) is 10.5 Å². The summed E-state index contributed by atoms with van der Waals surface area (Å²) in [6.45, 7) is 3.40. The van der Waals surface area contributed by atoms with Gasteiger partial charge in [-0.1, -0.05) is 12.0 Å². The topological polar surface area (TPSA) is 241 Å². The predicted molar refractivity (Wildman–Crippen MR) is 175 cm³/mol. The molecule has 0 radical (unpaired) electrons. The Morgan fingerprint density at radius 3 is 2.11 bits per heavy atom. The molecule has 284 valence electrons. The van der Waals surface area contributed by atoms with Crippen molar-refractivity contribution in [3.8, 4) is 23.8 Å². The molecule has 0 spiro atoms. The molecule has 1 N–H and O–H groups in total. The highest BCUT2D eigenvalue weighted by Crippen LogP contribution is 2.32. The van der Waals surface area contributed by atoms with Crippen molar-refractivity contribution >= 4 is 41.6 Å². The van der Waals surface area contributed by atoms with E-state index in [-0.39, 0.29) is 48.1 Å². The molecule has 0 aromatic heterocycles. The number of carbonyl (C=O) groups is 6. The number of nitrogens with zero attached hydrogens (tertiary/aromatic N) is 1. The number of terminal acetylenes is 1. The van der Waals surface area contributed by atoms with E-state index in [4.69, 9.17) is 49.1 Å². The molecule has 0 aliphatic carbocycles. The van der Waals surface area contributed by atoms with Gasteiger partial charge in [-0.05, 0) is 29.8 Å². The van der Waals surface area contributed by atoms with Crippen molar-refractivity contribution < 1.29 is 76.3 Å². The van der Waals surface area contributed by atoms with Crippen molar-refractivity contribution in [1.29, 1.82) is 0 Å². The van der Waals surface area contributed by atoms with Crippen LogP contribution in [0.25, 0.3) is 0 Å². The van der Waals surface area contributed by atoms with Crippen LogP contribution in [0.3, 0.4) is 0 Å². The maximum absolute atomic E-state index is 13.5. The van der Waals surface area contributed by atoms with Crippen molar-refractivity contribution in [2.24, 2.45) is 0 Å². The number of nitro groups is 1. The molecule has 19 heteroatoms. The van der Waals surface area contributed by atoms with Crippen LogP contribution >= 0.6 is 0 Å². The van der Waals surface area contributed by atoms with E-state index in [1.54, 1.807) is 0 Å². The van der Waals surface area contributed by atoms with Gasteiger partial charge in [0.15, 0.2) is 12.2 Å². The second-order valence-electron chi connectivity index (χ2n) is 10.9. The number of hydrogen-bond acceptors (Lipinski definition) is 17. The normalized spacial score (nSPS) is 19.0. The molecule has 53 heavy (non-hydrogen) atoms. The van der Waals surface area contributed by atoms with Crippen molar-refractivity contribution in [3.05, 3.63) is 63.7 Å². The van der Waals surface area contributed by atoms with Gasteiger partial charge in [0.1, 0.15) is 37.4 Å². The van der Waals surface area contributed by atoms with Crippen LogP contribution in [0.1, 0.15) is 43.6 Å². The molecular weight excluding hydrogens is 708 g/mol. The van der Waals surface area contributed by atoms with Gasteiger partial charge in [0.05, 0.1) is 17.1 Å². The number of carbonyl (C=O) groups excluding carboxylic acids is 6. The van der Waals surface area contributed by atoms with E-state index in [0.29, 0.717) is 0 Å². The number of nitrogens with one attached hydrogen (secondary N) is 1. The molecule has 1 aliphatic heterocycles. The summed E-state index contributed by atoms with van der Waals surface area (Å²) in [6.07, 6.45) is -3.56. The van der Waals surface area contributed by atoms with Crippen molar-refractivity contribution in [3.63, 3.8) is 0 Å². The van der Waals surface area contributed by atoms with E-state index in [9.17, 15) is 38.9 Å². The third-order valence-corrected chi connectivity index (χ3v) is 6.80. The van der Waals surface area contributed by atoms with E-state index >= 15 is 0 Å². The average molecular weight is 745 g/mol. The van der Waals surface area contributed by atoms with Crippen LogP contribution < -0.4 is 14.8 Å². The first-order valence-electron chi connectivity index (χ1n) is 15.7. The zero-order chi connectivity index (χ0) is 39.1. The Bertz CT molecular complexity index is 1700. The van der Waals surface area contributed by atoms with Gasteiger partial charge in [-0.15, -0.1) is 6.42 Å². The number of esters is 4. The molecular formula is C34H36N2O17. The Morgan fingerprint density at radius 1 is 0.868 bits per heavy atom. The molecule has 1 saturated heterocycles. The Labute approximate surface area is 302 Å². The lowest BCUT2D eigenvalue weighted by Crippen LogP contribution is -2.63. The summed E-state index contributed by atoms with van der Waals surface area (Å²) in [6, 6.07) is 8.69. The van der Waals surface area contributed by atoms with Gasteiger partial charge in [-0.2, -0.15) is 0 Å². The minimum Gasteiger partial charge on any atom is -0.463 e. The number of nitro benzene ring substituents is 1. The molecule has 1 fully saturated rings. The minimum atomic E-state index is -1.67.